The topological polar surface area (TPSA) is 47.3 Å². The van der Waals surface area contributed by atoms with Gasteiger partial charge < -0.3 is 10.0 Å². The smallest absolute Gasteiger partial charge is 0.101 e. The van der Waals surface area contributed by atoms with E-state index in [4.69, 9.17) is 22.0 Å². The fraction of sp³-hybridized carbons (Fsp3) is 0.500. The summed E-state index contributed by atoms with van der Waals surface area (Å²) in [5.74, 6) is 0.865. The van der Waals surface area contributed by atoms with E-state index in [2.05, 4.69) is 49.9 Å². The van der Waals surface area contributed by atoms with Gasteiger partial charge in [-0.15, -0.1) is 0 Å². The molecule has 2 aromatic rings. The zero-order valence-corrected chi connectivity index (χ0v) is 19.9. The van der Waals surface area contributed by atoms with Gasteiger partial charge in [-0.05, 0) is 81.3 Å². The van der Waals surface area contributed by atoms with E-state index in [9.17, 15) is 0 Å². The van der Waals surface area contributed by atoms with Gasteiger partial charge in [-0.3, -0.25) is 0 Å². The summed E-state index contributed by atoms with van der Waals surface area (Å²) in [5, 5.41) is 18.1. The summed E-state index contributed by atoms with van der Waals surface area (Å²) in [4.78, 5) is 2.44. The lowest BCUT2D eigenvalue weighted by Crippen LogP contribution is -2.24. The zero-order chi connectivity index (χ0) is 22.5. The summed E-state index contributed by atoms with van der Waals surface area (Å²) >= 11 is 5.71. The Balaban J connectivity index is 0.000000226. The van der Waals surface area contributed by atoms with E-state index < -0.39 is 0 Å². The zero-order valence-electron chi connectivity index (χ0n) is 19.2. The third kappa shape index (κ3) is 10.3. The van der Waals surface area contributed by atoms with Gasteiger partial charge in [0, 0.05) is 13.1 Å². The average Bonchev–Trinajstić information content (AvgIpc) is 3.13. The minimum absolute atomic E-state index is 0.133. The lowest BCUT2D eigenvalue weighted by molar-refractivity contribution is 0.163. The summed E-state index contributed by atoms with van der Waals surface area (Å²) in [6.45, 7) is 14.0. The van der Waals surface area contributed by atoms with E-state index in [1.807, 2.05) is 26.0 Å². The van der Waals surface area contributed by atoms with Crippen LogP contribution in [0.3, 0.4) is 0 Å². The monoisotopic (exact) mass is 428 g/mol. The van der Waals surface area contributed by atoms with Gasteiger partial charge in [0.2, 0.25) is 0 Å². The van der Waals surface area contributed by atoms with Crippen LogP contribution >= 0.6 is 11.6 Å². The van der Waals surface area contributed by atoms with E-state index in [0.717, 1.165) is 30.9 Å². The number of halogens is 1. The van der Waals surface area contributed by atoms with E-state index in [0.29, 0.717) is 10.6 Å². The number of aryl methyl sites for hydroxylation is 3. The summed E-state index contributed by atoms with van der Waals surface area (Å²) in [7, 11) is 0. The fourth-order valence-electron chi connectivity index (χ4n) is 3.32. The third-order valence-electron chi connectivity index (χ3n) is 5.26. The van der Waals surface area contributed by atoms with E-state index in [1.165, 1.54) is 30.6 Å². The van der Waals surface area contributed by atoms with Gasteiger partial charge in [-0.25, -0.2) is 0 Å². The molecule has 0 aliphatic carbocycles. The van der Waals surface area contributed by atoms with Gasteiger partial charge in [0.05, 0.1) is 16.7 Å². The van der Waals surface area contributed by atoms with Crippen LogP contribution in [0.1, 0.15) is 55.9 Å². The molecule has 0 radical (unpaired) electrons. The second kappa shape index (κ2) is 14.2. The Labute approximate surface area is 188 Å². The molecule has 0 amide bonds. The molecular weight excluding hydrogens is 392 g/mol. The van der Waals surface area contributed by atoms with Crippen LogP contribution in [-0.2, 0) is 6.42 Å². The number of hydrogen-bond acceptors (Lipinski definition) is 3. The van der Waals surface area contributed by atoms with Crippen molar-refractivity contribution in [3.05, 3.63) is 69.7 Å². The molecule has 2 atom stereocenters. The van der Waals surface area contributed by atoms with Gasteiger partial charge in [0.25, 0.3) is 0 Å². The number of benzene rings is 2. The first-order valence-electron chi connectivity index (χ1n) is 10.9. The molecule has 1 heterocycles. The largest absolute Gasteiger partial charge is 0.393 e. The highest BCUT2D eigenvalue weighted by Crippen LogP contribution is 2.16. The maximum atomic E-state index is 9.05. The standard InChI is InChI=1S/C9H19NO.C9H12.C8H6ClN/c1-8-3-5-10(7-8)6-4-9(2)11;1-3-9-7-5-4-6-8(9)2;1-6-2-3-7(5-10)8(9)4-6/h8-9,11H,3-7H2,1-2H3;4-7H,3H2,1-2H3;2-4H,1H3/t8-,9?;;/m0../s1. The molecule has 1 fully saturated rings. The van der Waals surface area contributed by atoms with Crippen molar-refractivity contribution in [2.75, 3.05) is 19.6 Å². The predicted molar refractivity (Wildman–Crippen MR) is 128 cm³/mol. The number of aliphatic hydroxyl groups excluding tert-OH is 1. The Morgan fingerprint density at radius 2 is 1.93 bits per heavy atom. The van der Waals surface area contributed by atoms with Crippen LogP contribution in [0.2, 0.25) is 5.02 Å². The maximum absolute atomic E-state index is 9.05. The molecule has 2 aromatic carbocycles. The number of nitrogens with zero attached hydrogens (tertiary/aromatic N) is 2. The van der Waals surface area contributed by atoms with Crippen molar-refractivity contribution in [2.24, 2.45) is 5.92 Å². The van der Waals surface area contributed by atoms with E-state index >= 15 is 0 Å². The molecule has 30 heavy (non-hydrogen) atoms. The highest BCUT2D eigenvalue weighted by Gasteiger charge is 2.17. The molecule has 1 unspecified atom stereocenters. The van der Waals surface area contributed by atoms with Crippen molar-refractivity contribution in [2.45, 2.75) is 60.0 Å². The second-order valence-electron chi connectivity index (χ2n) is 8.21. The lowest BCUT2D eigenvalue weighted by atomic mass is 10.1. The predicted octanol–water partition coefficient (Wildman–Crippen LogP) is 6.18. The molecule has 1 saturated heterocycles. The van der Waals surface area contributed by atoms with E-state index in [1.54, 1.807) is 12.1 Å². The number of likely N-dealkylation sites (tertiary alicyclic amines) is 1. The molecule has 3 nitrogen and oxygen atoms in total. The Morgan fingerprint density at radius 1 is 1.23 bits per heavy atom. The van der Waals surface area contributed by atoms with Gasteiger partial charge >= 0.3 is 0 Å². The number of nitriles is 1. The molecule has 1 aliphatic heterocycles. The van der Waals surface area contributed by atoms with Crippen molar-refractivity contribution in [1.82, 2.24) is 4.90 Å². The first-order valence-corrected chi connectivity index (χ1v) is 11.3. The molecule has 3 rings (SSSR count). The third-order valence-corrected chi connectivity index (χ3v) is 5.57. The first kappa shape index (κ1) is 26.2. The quantitative estimate of drug-likeness (QED) is 0.632. The van der Waals surface area contributed by atoms with Crippen LogP contribution in [0.25, 0.3) is 0 Å². The molecule has 1 N–H and O–H groups in total. The summed E-state index contributed by atoms with van der Waals surface area (Å²) in [5.41, 5.74) is 4.47. The SMILES string of the molecule is CC(O)CCN1CC[C@H](C)C1.CCc1ccccc1C.Cc1ccc(C#N)c(Cl)c1. The molecule has 0 aromatic heterocycles. The molecule has 0 saturated carbocycles. The Bertz CT molecular complexity index is 798. The van der Waals surface area contributed by atoms with Crippen LogP contribution < -0.4 is 0 Å². The number of aliphatic hydroxyl groups is 1. The normalized spacial score (nSPS) is 16.5. The van der Waals surface area contributed by atoms with Crippen molar-refractivity contribution in [1.29, 1.82) is 5.26 Å². The summed E-state index contributed by atoms with van der Waals surface area (Å²) < 4.78 is 0. The van der Waals surface area contributed by atoms with Crippen molar-refractivity contribution >= 4 is 11.6 Å². The molecule has 4 heteroatoms. The highest BCUT2D eigenvalue weighted by molar-refractivity contribution is 6.31. The van der Waals surface area contributed by atoms with Gasteiger partial charge in [-0.2, -0.15) is 5.26 Å². The van der Waals surface area contributed by atoms with Crippen LogP contribution in [0.15, 0.2) is 42.5 Å². The molecule has 164 valence electrons. The molecule has 0 bridgehead atoms. The molecular formula is C26H37ClN2O. The Hall–Kier alpha value is -1.86. The minimum Gasteiger partial charge on any atom is -0.393 e. The van der Waals surface area contributed by atoms with Gasteiger partial charge in [0.15, 0.2) is 0 Å². The highest BCUT2D eigenvalue weighted by atomic mass is 35.5. The molecule has 0 spiro atoms. The Morgan fingerprint density at radius 3 is 2.40 bits per heavy atom. The average molecular weight is 429 g/mol. The van der Waals surface area contributed by atoms with Crippen molar-refractivity contribution in [3.8, 4) is 6.07 Å². The first-order chi connectivity index (χ1) is 14.3. The van der Waals surface area contributed by atoms with E-state index in [-0.39, 0.29) is 6.10 Å². The van der Waals surface area contributed by atoms with Crippen LogP contribution in [0.4, 0.5) is 0 Å². The van der Waals surface area contributed by atoms with Crippen molar-refractivity contribution in [3.63, 3.8) is 0 Å². The van der Waals surface area contributed by atoms with Crippen LogP contribution in [-0.4, -0.2) is 35.7 Å². The maximum Gasteiger partial charge on any atom is 0.101 e. The second-order valence-corrected chi connectivity index (χ2v) is 8.61. The minimum atomic E-state index is -0.133. The van der Waals surface area contributed by atoms with Gasteiger partial charge in [0.1, 0.15) is 6.07 Å². The summed E-state index contributed by atoms with van der Waals surface area (Å²) in [6, 6.07) is 15.8. The summed E-state index contributed by atoms with van der Waals surface area (Å²) in [6.07, 6.45) is 3.27. The van der Waals surface area contributed by atoms with Gasteiger partial charge in [-0.1, -0.05) is 55.8 Å². The lowest BCUT2D eigenvalue weighted by Gasteiger charge is -2.15. The van der Waals surface area contributed by atoms with Crippen molar-refractivity contribution < 1.29 is 5.11 Å². The fourth-order valence-corrected chi connectivity index (χ4v) is 3.59. The number of hydrogen-bond donors (Lipinski definition) is 1. The van der Waals surface area contributed by atoms with Crippen LogP contribution in [0, 0.1) is 31.1 Å². The number of rotatable bonds is 4. The Kier molecular flexibility index (Phi) is 12.4. The molecule has 1 aliphatic rings. The van der Waals surface area contributed by atoms with Crippen LogP contribution in [0.5, 0.6) is 0 Å².